The van der Waals surface area contributed by atoms with Gasteiger partial charge in [-0.15, -0.1) is 0 Å². The van der Waals surface area contributed by atoms with E-state index in [1.54, 1.807) is 5.56 Å². The van der Waals surface area contributed by atoms with E-state index in [2.05, 4.69) is 156 Å². The molecule has 1 heterocycles. The summed E-state index contributed by atoms with van der Waals surface area (Å²) in [5.74, 6) is 0. The molecular weight excluding hydrogens is 542 g/mol. The maximum Gasteiger partial charge on any atom is 0.0337 e. The van der Waals surface area contributed by atoms with Gasteiger partial charge in [-0.05, 0) is 98.6 Å². The molecule has 0 aliphatic carbocycles. The van der Waals surface area contributed by atoms with Crippen LogP contribution in [0.25, 0.3) is 32.7 Å². The van der Waals surface area contributed by atoms with Crippen molar-refractivity contribution in [1.82, 2.24) is 0 Å². The van der Waals surface area contributed by atoms with E-state index in [1.165, 1.54) is 60.0 Å². The van der Waals surface area contributed by atoms with Crippen LogP contribution in [0.2, 0.25) is 0 Å². The summed E-state index contributed by atoms with van der Waals surface area (Å²) >= 11 is 0. The van der Waals surface area contributed by atoms with Crippen LogP contribution in [0.1, 0.15) is 48.4 Å². The van der Waals surface area contributed by atoms with E-state index in [9.17, 15) is 0 Å². The van der Waals surface area contributed by atoms with Crippen LogP contribution in [0.15, 0.2) is 121 Å². The number of hydrogen-bond acceptors (Lipinski definition) is 0. The van der Waals surface area contributed by atoms with Crippen molar-refractivity contribution in [3.05, 3.63) is 144 Å². The molecule has 6 aromatic carbocycles. The van der Waals surface area contributed by atoms with Crippen molar-refractivity contribution < 1.29 is 0 Å². The van der Waals surface area contributed by atoms with Gasteiger partial charge in [-0.25, -0.2) is 0 Å². The van der Waals surface area contributed by atoms with Crippen LogP contribution in [0.5, 0.6) is 0 Å². The van der Waals surface area contributed by atoms with Gasteiger partial charge >= 0.3 is 0 Å². The van der Waals surface area contributed by atoms with Gasteiger partial charge in [0.2, 0.25) is 0 Å². The van der Waals surface area contributed by atoms with E-state index >= 15 is 0 Å². The lowest BCUT2D eigenvalue weighted by Crippen LogP contribution is -2.24. The van der Waals surface area contributed by atoms with Crippen LogP contribution in [0.3, 0.4) is 0 Å². The fraction of sp³-hybridized carbons (Fsp3) is 0.200. The molecule has 208 valence electrons. The molecule has 0 nitrogen and oxygen atoms in total. The molecule has 0 radical (unpaired) electrons. The van der Waals surface area contributed by atoms with Gasteiger partial charge in [-0.1, -0.05) is 150 Å². The number of aryl methyl sites for hydroxylation is 2. The van der Waals surface area contributed by atoms with Crippen molar-refractivity contribution in [3.8, 4) is 11.1 Å². The van der Waals surface area contributed by atoms with E-state index in [0.29, 0.717) is 5.40 Å². The van der Waals surface area contributed by atoms with Gasteiger partial charge in [0, 0.05) is 5.40 Å². The molecule has 7 rings (SSSR count). The van der Waals surface area contributed by atoms with Crippen molar-refractivity contribution in [2.75, 3.05) is 0 Å². The summed E-state index contributed by atoms with van der Waals surface area (Å²) in [6.45, 7) is 12.1. The zero-order valence-electron chi connectivity index (χ0n) is 25.2. The van der Waals surface area contributed by atoms with Crippen LogP contribution in [0.4, 0.5) is 0 Å². The normalized spacial score (nSPS) is 16.8. The molecule has 0 bridgehead atoms. The lowest BCUT2D eigenvalue weighted by Gasteiger charge is -2.43. The monoisotopic (exact) mass is 580 g/mol. The zero-order chi connectivity index (χ0) is 29.0. The first-order valence-electron chi connectivity index (χ1n) is 15.0. The minimum absolute atomic E-state index is 0.169. The fourth-order valence-electron chi connectivity index (χ4n) is 6.91. The highest BCUT2D eigenvalue weighted by molar-refractivity contribution is 7.84. The Labute approximate surface area is 253 Å². The number of fused-ring (bicyclic) bond motifs is 7. The van der Waals surface area contributed by atoms with Crippen molar-refractivity contribution in [2.45, 2.75) is 51.3 Å². The Morgan fingerprint density at radius 3 is 1.64 bits per heavy atom. The Bertz CT molecular complexity index is 1900. The first kappa shape index (κ1) is 27.5. The van der Waals surface area contributed by atoms with Crippen molar-refractivity contribution in [1.29, 1.82) is 0 Å². The second kappa shape index (κ2) is 10.8. The topological polar surface area (TPSA) is 0 Å². The molecule has 0 fully saturated rings. The molecule has 2 heteroatoms. The second-order valence-corrected chi connectivity index (χ2v) is 18.4. The number of rotatable bonds is 3. The van der Waals surface area contributed by atoms with Gasteiger partial charge in [0.1, 0.15) is 0 Å². The van der Waals surface area contributed by atoms with Crippen LogP contribution in [0, 0.1) is 13.8 Å². The Morgan fingerprint density at radius 1 is 0.571 bits per heavy atom. The minimum atomic E-state index is -0.690. The van der Waals surface area contributed by atoms with Gasteiger partial charge in [-0.3, -0.25) is 0 Å². The van der Waals surface area contributed by atoms with Crippen molar-refractivity contribution >= 4 is 48.0 Å². The van der Waals surface area contributed by atoms with Crippen LogP contribution in [-0.4, -0.2) is 5.16 Å². The smallest absolute Gasteiger partial charge is 0.0337 e. The van der Waals surface area contributed by atoms with E-state index in [1.807, 2.05) is 0 Å². The van der Waals surface area contributed by atoms with Gasteiger partial charge in [0.25, 0.3) is 0 Å². The molecule has 0 saturated carbocycles. The molecule has 42 heavy (non-hydrogen) atoms. The minimum Gasteiger partial charge on any atom is -0.0838 e. The van der Waals surface area contributed by atoms with Crippen LogP contribution in [-0.2, 0) is 6.16 Å². The van der Waals surface area contributed by atoms with Gasteiger partial charge < -0.3 is 0 Å². The molecule has 0 saturated heterocycles. The molecule has 0 amide bonds. The Hall–Kier alpha value is -3.30. The predicted octanol–water partition coefficient (Wildman–Crippen LogP) is 11.2. The highest BCUT2D eigenvalue weighted by Gasteiger charge is 2.43. The summed E-state index contributed by atoms with van der Waals surface area (Å²) in [6, 6.07) is 46.3. The maximum atomic E-state index is 2.52. The summed E-state index contributed by atoms with van der Waals surface area (Å²) in [6.07, 6.45) is 1.13. The lowest BCUT2D eigenvalue weighted by molar-refractivity contribution is 0.775. The Kier molecular flexibility index (Phi) is 7.05. The molecule has 0 unspecified atom stereocenters. The third kappa shape index (κ3) is 4.61. The molecule has 0 spiro atoms. The van der Waals surface area contributed by atoms with E-state index in [-0.39, 0.29) is 5.16 Å². The molecule has 6 aromatic rings. The SMILES string of the molecule is Cc1ccccc1P(c1ccccc1C)[C@H]1c2ccc3ccccc3c2-c2c(ccc3ccccc23)C[P@@]1C(C)(C)C. The first-order chi connectivity index (χ1) is 20.3. The largest absolute Gasteiger partial charge is 0.0838 e. The van der Waals surface area contributed by atoms with E-state index in [0.717, 1.165) is 6.16 Å². The average molecular weight is 581 g/mol. The van der Waals surface area contributed by atoms with Crippen LogP contribution < -0.4 is 10.6 Å². The molecule has 1 aliphatic rings. The summed E-state index contributed by atoms with van der Waals surface area (Å²) in [4.78, 5) is 0. The quantitative estimate of drug-likeness (QED) is 0.183. The summed E-state index contributed by atoms with van der Waals surface area (Å²) in [5.41, 5.74) is 8.80. The standard InChI is InChI=1S/C40H38P2/c1-27-14-6-12-20-35(27)42(36-21-13-7-15-28(36)2)39-34-25-24-30-17-9-11-19-33(30)38(34)37-31(26-41(39)40(3,4)5)23-22-29-16-8-10-18-32(29)37/h6-25,39H,26H2,1-5H3/t39-,41+/m0/s1. The highest BCUT2D eigenvalue weighted by Crippen LogP contribution is 2.76. The third-order valence-electron chi connectivity index (χ3n) is 9.00. The zero-order valence-corrected chi connectivity index (χ0v) is 27.0. The fourth-order valence-corrected chi connectivity index (χ4v) is 15.3. The van der Waals surface area contributed by atoms with Crippen molar-refractivity contribution in [3.63, 3.8) is 0 Å². The van der Waals surface area contributed by atoms with E-state index < -0.39 is 15.8 Å². The Balaban J connectivity index is 1.65. The third-order valence-corrected chi connectivity index (χ3v) is 16.6. The molecule has 0 aromatic heterocycles. The first-order valence-corrected chi connectivity index (χ1v) is 18.0. The maximum absolute atomic E-state index is 2.52. The van der Waals surface area contributed by atoms with Crippen molar-refractivity contribution in [2.24, 2.45) is 0 Å². The van der Waals surface area contributed by atoms with Gasteiger partial charge in [0.15, 0.2) is 0 Å². The van der Waals surface area contributed by atoms with Gasteiger partial charge in [0.05, 0.1) is 0 Å². The summed E-state index contributed by atoms with van der Waals surface area (Å²) in [7, 11) is -1.16. The number of benzene rings is 6. The lowest BCUT2D eigenvalue weighted by atomic mass is 9.88. The summed E-state index contributed by atoms with van der Waals surface area (Å²) in [5, 5.41) is 9.06. The molecule has 1 aliphatic heterocycles. The van der Waals surface area contributed by atoms with Crippen LogP contribution >= 0.6 is 15.8 Å². The molecule has 0 N–H and O–H groups in total. The highest BCUT2D eigenvalue weighted by atomic mass is 31.2. The van der Waals surface area contributed by atoms with Gasteiger partial charge in [-0.2, -0.15) is 0 Å². The molecular formula is C40H38P2. The number of hydrogen-bond donors (Lipinski definition) is 0. The predicted molar refractivity (Wildman–Crippen MR) is 189 cm³/mol. The molecule has 2 atom stereocenters. The summed E-state index contributed by atoms with van der Waals surface area (Å²) < 4.78 is 0. The van der Waals surface area contributed by atoms with E-state index in [4.69, 9.17) is 0 Å². The second-order valence-electron chi connectivity index (χ2n) is 12.7. The Morgan fingerprint density at radius 2 is 1.07 bits per heavy atom. The average Bonchev–Trinajstić information content (AvgIpc) is 3.14.